The van der Waals surface area contributed by atoms with Crippen molar-refractivity contribution in [3.05, 3.63) is 72.5 Å². The van der Waals surface area contributed by atoms with E-state index in [9.17, 15) is 14.3 Å². The zero-order chi connectivity index (χ0) is 18.3. The Bertz CT molecular complexity index is 1000. The Balaban J connectivity index is 1.87. The summed E-state index contributed by atoms with van der Waals surface area (Å²) in [6, 6.07) is 18.1. The Morgan fingerprint density at radius 1 is 1.00 bits per heavy atom. The van der Waals surface area contributed by atoms with Crippen LogP contribution in [0.2, 0.25) is 0 Å². The van der Waals surface area contributed by atoms with Crippen LogP contribution in [0.5, 0.6) is 11.5 Å². The zero-order valence-corrected chi connectivity index (χ0v) is 14.0. The Morgan fingerprint density at radius 2 is 1.77 bits per heavy atom. The van der Waals surface area contributed by atoms with Gasteiger partial charge in [0.25, 0.3) is 5.91 Å². The fraction of sp³-hybridized carbons (Fsp3) is 0.0952. The molecule has 26 heavy (non-hydrogen) atoms. The van der Waals surface area contributed by atoms with Gasteiger partial charge >= 0.3 is 0 Å². The van der Waals surface area contributed by atoms with Crippen molar-refractivity contribution in [2.45, 2.75) is 13.0 Å². The topological polar surface area (TPSA) is 49.8 Å². The summed E-state index contributed by atoms with van der Waals surface area (Å²) in [7, 11) is 0. The monoisotopic (exact) mass is 349 g/mol. The van der Waals surface area contributed by atoms with E-state index in [-0.39, 0.29) is 17.5 Å². The van der Waals surface area contributed by atoms with Gasteiger partial charge in [0.05, 0.1) is 11.4 Å². The van der Waals surface area contributed by atoms with Crippen molar-refractivity contribution in [3.8, 4) is 22.6 Å². The molecule has 130 valence electrons. The van der Waals surface area contributed by atoms with Crippen LogP contribution in [0.1, 0.15) is 6.92 Å². The van der Waals surface area contributed by atoms with Crippen LogP contribution in [0.3, 0.4) is 0 Å². The van der Waals surface area contributed by atoms with Crippen LogP contribution in [-0.2, 0) is 4.79 Å². The Morgan fingerprint density at radius 3 is 2.54 bits per heavy atom. The predicted molar refractivity (Wildman–Crippen MR) is 97.2 cm³/mol. The maximum atomic E-state index is 13.6. The highest BCUT2D eigenvalue weighted by Gasteiger charge is 2.33. The number of anilines is 2. The Labute approximate surface area is 150 Å². The zero-order valence-electron chi connectivity index (χ0n) is 14.0. The summed E-state index contributed by atoms with van der Waals surface area (Å²) < 4.78 is 19.3. The van der Waals surface area contributed by atoms with Gasteiger partial charge < -0.3 is 9.84 Å². The second-order valence-electron chi connectivity index (χ2n) is 6.15. The van der Waals surface area contributed by atoms with Crippen molar-refractivity contribution in [3.63, 3.8) is 0 Å². The molecule has 0 fully saturated rings. The number of benzene rings is 3. The molecule has 1 amide bonds. The van der Waals surface area contributed by atoms with E-state index in [1.807, 2.05) is 6.07 Å². The number of phenols is 1. The first-order chi connectivity index (χ1) is 12.5. The van der Waals surface area contributed by atoms with Crippen molar-refractivity contribution in [2.24, 2.45) is 0 Å². The smallest absolute Gasteiger partial charge is 0.272 e. The third-order valence-electron chi connectivity index (χ3n) is 4.32. The number of hydrogen-bond donors (Lipinski definition) is 1. The number of hydrogen-bond acceptors (Lipinski definition) is 3. The number of fused-ring (bicyclic) bond motifs is 1. The lowest BCUT2D eigenvalue weighted by atomic mass is 10.0. The summed E-state index contributed by atoms with van der Waals surface area (Å²) in [5.41, 5.74) is 2.57. The van der Waals surface area contributed by atoms with Gasteiger partial charge in [-0.25, -0.2) is 4.39 Å². The summed E-state index contributed by atoms with van der Waals surface area (Å²) in [4.78, 5) is 14.3. The van der Waals surface area contributed by atoms with Crippen molar-refractivity contribution in [1.29, 1.82) is 0 Å². The van der Waals surface area contributed by atoms with Gasteiger partial charge in [0.2, 0.25) is 0 Å². The molecule has 1 heterocycles. The van der Waals surface area contributed by atoms with Gasteiger partial charge in [-0.15, -0.1) is 0 Å². The van der Waals surface area contributed by atoms with Crippen molar-refractivity contribution in [1.82, 2.24) is 0 Å². The van der Waals surface area contributed by atoms with Crippen LogP contribution in [0.25, 0.3) is 11.1 Å². The normalized spacial score (nSPS) is 16.2. The van der Waals surface area contributed by atoms with E-state index in [0.717, 1.165) is 5.56 Å². The van der Waals surface area contributed by atoms with E-state index in [4.69, 9.17) is 4.74 Å². The molecule has 3 aromatic carbocycles. The lowest BCUT2D eigenvalue weighted by Gasteiger charge is -2.33. The fourth-order valence-corrected chi connectivity index (χ4v) is 3.08. The second kappa shape index (κ2) is 6.19. The highest BCUT2D eigenvalue weighted by molar-refractivity contribution is 6.06. The number of ether oxygens (including phenoxy) is 1. The van der Waals surface area contributed by atoms with E-state index in [1.165, 1.54) is 23.1 Å². The number of carbonyl (C=O) groups is 1. The van der Waals surface area contributed by atoms with Crippen molar-refractivity contribution < 1.29 is 19.0 Å². The lowest BCUT2D eigenvalue weighted by Crippen LogP contribution is -2.41. The van der Waals surface area contributed by atoms with Crippen LogP contribution in [0, 0.1) is 5.82 Å². The molecule has 0 saturated heterocycles. The first kappa shape index (κ1) is 16.1. The van der Waals surface area contributed by atoms with Crippen LogP contribution in [0.4, 0.5) is 15.8 Å². The maximum Gasteiger partial charge on any atom is 0.272 e. The van der Waals surface area contributed by atoms with Gasteiger partial charge in [-0.3, -0.25) is 9.69 Å². The first-order valence-electron chi connectivity index (χ1n) is 8.22. The van der Waals surface area contributed by atoms with E-state index in [0.29, 0.717) is 22.7 Å². The molecule has 1 atom stereocenters. The van der Waals surface area contributed by atoms with Crippen LogP contribution < -0.4 is 9.64 Å². The summed E-state index contributed by atoms with van der Waals surface area (Å²) in [5, 5.41) is 9.80. The minimum absolute atomic E-state index is 0.0669. The Kier molecular flexibility index (Phi) is 3.84. The van der Waals surface area contributed by atoms with E-state index < -0.39 is 6.10 Å². The third-order valence-corrected chi connectivity index (χ3v) is 4.32. The molecular formula is C21H16FNO3. The van der Waals surface area contributed by atoms with E-state index >= 15 is 0 Å². The van der Waals surface area contributed by atoms with Gasteiger partial charge in [0.1, 0.15) is 17.3 Å². The summed E-state index contributed by atoms with van der Waals surface area (Å²) in [6.07, 6.45) is -0.648. The number of rotatable bonds is 2. The van der Waals surface area contributed by atoms with Crippen LogP contribution >= 0.6 is 0 Å². The van der Waals surface area contributed by atoms with Gasteiger partial charge in [-0.05, 0) is 54.4 Å². The SMILES string of the molecule is CC1Oc2ccc(-c3cccc(F)c3)cc2N(c2cccc(O)c2)C1=O. The van der Waals surface area contributed by atoms with Crippen LogP contribution in [-0.4, -0.2) is 17.1 Å². The standard InChI is InChI=1S/C21H16FNO3/c1-13-21(25)23(17-6-3-7-18(24)12-17)19-11-15(8-9-20(19)26-13)14-4-2-5-16(22)10-14/h2-13,24H,1H3. The van der Waals surface area contributed by atoms with Gasteiger partial charge in [-0.1, -0.05) is 24.3 Å². The van der Waals surface area contributed by atoms with Gasteiger partial charge in [0.15, 0.2) is 6.10 Å². The molecular weight excluding hydrogens is 333 g/mol. The lowest BCUT2D eigenvalue weighted by molar-refractivity contribution is -0.124. The minimum Gasteiger partial charge on any atom is -0.508 e. The molecule has 0 aliphatic carbocycles. The van der Waals surface area contributed by atoms with Crippen molar-refractivity contribution in [2.75, 3.05) is 4.90 Å². The molecule has 1 aliphatic heterocycles. The quantitative estimate of drug-likeness (QED) is 0.733. The number of aromatic hydroxyl groups is 1. The summed E-state index contributed by atoms with van der Waals surface area (Å²) in [5.74, 6) is 0.0587. The molecule has 1 unspecified atom stereocenters. The molecule has 3 aromatic rings. The Hall–Kier alpha value is -3.34. The fourth-order valence-electron chi connectivity index (χ4n) is 3.08. The number of halogens is 1. The first-order valence-corrected chi connectivity index (χ1v) is 8.22. The molecule has 5 heteroatoms. The molecule has 4 rings (SSSR count). The van der Waals surface area contributed by atoms with Gasteiger partial charge in [0, 0.05) is 6.07 Å². The van der Waals surface area contributed by atoms with Gasteiger partial charge in [-0.2, -0.15) is 0 Å². The van der Waals surface area contributed by atoms with Crippen molar-refractivity contribution >= 4 is 17.3 Å². The molecule has 0 spiro atoms. The molecule has 0 saturated carbocycles. The highest BCUT2D eigenvalue weighted by Crippen LogP contribution is 2.41. The second-order valence-corrected chi connectivity index (χ2v) is 6.15. The highest BCUT2D eigenvalue weighted by atomic mass is 19.1. The number of phenolic OH excluding ortho intramolecular Hbond substituents is 1. The number of nitrogens with zero attached hydrogens (tertiary/aromatic N) is 1. The average molecular weight is 349 g/mol. The predicted octanol–water partition coefficient (Wildman–Crippen LogP) is 4.64. The molecule has 0 radical (unpaired) electrons. The third kappa shape index (κ3) is 2.77. The largest absolute Gasteiger partial charge is 0.508 e. The number of carbonyl (C=O) groups excluding carboxylic acids is 1. The molecule has 4 nitrogen and oxygen atoms in total. The van der Waals surface area contributed by atoms with E-state index in [2.05, 4.69) is 0 Å². The maximum absolute atomic E-state index is 13.6. The van der Waals surface area contributed by atoms with E-state index in [1.54, 1.807) is 49.4 Å². The average Bonchev–Trinajstić information content (AvgIpc) is 2.62. The van der Waals surface area contributed by atoms with Crippen LogP contribution in [0.15, 0.2) is 66.7 Å². The minimum atomic E-state index is -0.648. The molecule has 1 aliphatic rings. The molecule has 0 aromatic heterocycles. The molecule has 0 bridgehead atoms. The summed E-state index contributed by atoms with van der Waals surface area (Å²) in [6.45, 7) is 1.68. The molecule has 1 N–H and O–H groups in total. The summed E-state index contributed by atoms with van der Waals surface area (Å²) >= 11 is 0. The number of amides is 1.